The predicted octanol–water partition coefficient (Wildman–Crippen LogP) is 2.22. The summed E-state index contributed by atoms with van der Waals surface area (Å²) >= 11 is 0. The SMILES string of the molecule is N#Cc1ccccc1NS(=O)(=O)c1c(F)cc(N)cc1F. The van der Waals surface area contributed by atoms with E-state index >= 15 is 0 Å². The van der Waals surface area contributed by atoms with Gasteiger partial charge in [0.25, 0.3) is 10.0 Å². The summed E-state index contributed by atoms with van der Waals surface area (Å²) in [5.74, 6) is -2.62. The second-order valence-corrected chi connectivity index (χ2v) is 5.70. The molecule has 0 saturated carbocycles. The number of nitrogen functional groups attached to an aromatic ring is 1. The molecule has 0 heterocycles. The summed E-state index contributed by atoms with van der Waals surface area (Å²) in [7, 11) is -4.53. The Balaban J connectivity index is 2.52. The molecule has 0 radical (unpaired) electrons. The zero-order valence-electron chi connectivity index (χ0n) is 10.5. The van der Waals surface area contributed by atoms with Crippen LogP contribution in [0.1, 0.15) is 5.56 Å². The number of nitriles is 1. The molecule has 21 heavy (non-hydrogen) atoms. The van der Waals surface area contributed by atoms with Crippen molar-refractivity contribution >= 4 is 21.4 Å². The number of sulfonamides is 1. The Kier molecular flexibility index (Phi) is 3.78. The Hall–Kier alpha value is -2.66. The van der Waals surface area contributed by atoms with Crippen molar-refractivity contribution in [1.82, 2.24) is 0 Å². The number of halogens is 2. The average Bonchev–Trinajstić information content (AvgIpc) is 2.37. The van der Waals surface area contributed by atoms with E-state index in [0.717, 1.165) is 0 Å². The highest BCUT2D eigenvalue weighted by atomic mass is 32.2. The minimum absolute atomic E-state index is 0.0253. The Morgan fingerprint density at radius 1 is 1.14 bits per heavy atom. The fraction of sp³-hybridized carbons (Fsp3) is 0. The third kappa shape index (κ3) is 2.93. The number of para-hydroxylation sites is 1. The van der Waals surface area contributed by atoms with Gasteiger partial charge < -0.3 is 5.73 Å². The minimum Gasteiger partial charge on any atom is -0.399 e. The maximum Gasteiger partial charge on any atom is 0.267 e. The number of hydrogen-bond donors (Lipinski definition) is 2. The third-order valence-corrected chi connectivity index (χ3v) is 4.00. The largest absolute Gasteiger partial charge is 0.399 e. The van der Waals surface area contributed by atoms with Gasteiger partial charge >= 0.3 is 0 Å². The Labute approximate surface area is 119 Å². The van der Waals surface area contributed by atoms with Crippen LogP contribution >= 0.6 is 0 Å². The van der Waals surface area contributed by atoms with Crippen molar-refractivity contribution in [3.8, 4) is 6.07 Å². The molecule has 0 aliphatic carbocycles. The number of rotatable bonds is 3. The van der Waals surface area contributed by atoms with Crippen LogP contribution in [0.5, 0.6) is 0 Å². The molecule has 2 rings (SSSR count). The molecule has 8 heteroatoms. The quantitative estimate of drug-likeness (QED) is 0.850. The van der Waals surface area contributed by atoms with Crippen molar-refractivity contribution in [2.45, 2.75) is 4.90 Å². The van der Waals surface area contributed by atoms with Gasteiger partial charge in [-0.15, -0.1) is 0 Å². The van der Waals surface area contributed by atoms with Crippen molar-refractivity contribution in [3.05, 3.63) is 53.6 Å². The summed E-state index contributed by atoms with van der Waals surface area (Å²) in [6.07, 6.45) is 0. The predicted molar refractivity (Wildman–Crippen MR) is 72.7 cm³/mol. The fourth-order valence-corrected chi connectivity index (χ4v) is 2.90. The molecule has 3 N–H and O–H groups in total. The van der Waals surface area contributed by atoms with E-state index < -0.39 is 26.6 Å². The maximum absolute atomic E-state index is 13.7. The van der Waals surface area contributed by atoms with Crippen molar-refractivity contribution in [3.63, 3.8) is 0 Å². The first kappa shape index (κ1) is 14.7. The van der Waals surface area contributed by atoms with Crippen LogP contribution in [0.15, 0.2) is 41.3 Å². The lowest BCUT2D eigenvalue weighted by molar-refractivity contribution is 0.522. The van der Waals surface area contributed by atoms with Gasteiger partial charge in [0.2, 0.25) is 0 Å². The topological polar surface area (TPSA) is 96.0 Å². The van der Waals surface area contributed by atoms with Gasteiger partial charge in [0, 0.05) is 5.69 Å². The molecule has 2 aromatic rings. The van der Waals surface area contributed by atoms with E-state index in [2.05, 4.69) is 0 Å². The molecule has 0 aliphatic rings. The summed E-state index contributed by atoms with van der Waals surface area (Å²) in [4.78, 5) is -1.15. The van der Waals surface area contributed by atoms with Crippen molar-refractivity contribution in [1.29, 1.82) is 5.26 Å². The van der Waals surface area contributed by atoms with Crippen LogP contribution < -0.4 is 10.5 Å². The highest BCUT2D eigenvalue weighted by Gasteiger charge is 2.25. The Bertz CT molecular complexity index is 822. The van der Waals surface area contributed by atoms with Crippen molar-refractivity contribution in [2.75, 3.05) is 10.5 Å². The lowest BCUT2D eigenvalue weighted by Crippen LogP contribution is -2.17. The first-order valence-corrected chi connectivity index (χ1v) is 7.10. The van der Waals surface area contributed by atoms with Gasteiger partial charge in [0.15, 0.2) is 4.90 Å². The van der Waals surface area contributed by atoms with Gasteiger partial charge in [-0.1, -0.05) is 12.1 Å². The van der Waals surface area contributed by atoms with E-state index in [4.69, 9.17) is 11.0 Å². The van der Waals surface area contributed by atoms with Gasteiger partial charge in [0.1, 0.15) is 17.7 Å². The number of nitrogens with zero attached hydrogens (tertiary/aromatic N) is 1. The van der Waals surface area contributed by atoms with E-state index in [1.807, 2.05) is 4.72 Å². The third-order valence-electron chi connectivity index (χ3n) is 2.58. The summed E-state index contributed by atoms with van der Waals surface area (Å²) < 4.78 is 53.5. The van der Waals surface area contributed by atoms with Gasteiger partial charge in [0.05, 0.1) is 11.3 Å². The second kappa shape index (κ2) is 5.38. The van der Waals surface area contributed by atoms with Crippen LogP contribution in [0.2, 0.25) is 0 Å². The molecular weight excluding hydrogens is 300 g/mol. The van der Waals surface area contributed by atoms with E-state index in [0.29, 0.717) is 12.1 Å². The molecule has 0 spiro atoms. The van der Waals surface area contributed by atoms with Gasteiger partial charge in [-0.25, -0.2) is 17.2 Å². The smallest absolute Gasteiger partial charge is 0.267 e. The Morgan fingerprint density at radius 2 is 1.71 bits per heavy atom. The van der Waals surface area contributed by atoms with Crippen LogP contribution in [0.25, 0.3) is 0 Å². The van der Waals surface area contributed by atoms with E-state index in [1.54, 1.807) is 6.07 Å². The van der Waals surface area contributed by atoms with E-state index in [9.17, 15) is 17.2 Å². The van der Waals surface area contributed by atoms with Crippen molar-refractivity contribution < 1.29 is 17.2 Å². The molecule has 0 aliphatic heterocycles. The Morgan fingerprint density at radius 3 is 2.29 bits per heavy atom. The van der Waals surface area contributed by atoms with E-state index in [1.165, 1.54) is 24.3 Å². The molecule has 5 nitrogen and oxygen atoms in total. The number of anilines is 2. The average molecular weight is 309 g/mol. The molecule has 0 fully saturated rings. The summed E-state index contributed by atoms with van der Waals surface area (Å²) in [5, 5.41) is 8.88. The van der Waals surface area contributed by atoms with Gasteiger partial charge in [-0.2, -0.15) is 5.26 Å². The molecule has 0 aromatic heterocycles. The summed E-state index contributed by atoms with van der Waals surface area (Å²) in [5.41, 5.74) is 4.95. The minimum atomic E-state index is -4.53. The lowest BCUT2D eigenvalue weighted by atomic mass is 10.2. The number of hydrogen-bond acceptors (Lipinski definition) is 4. The summed E-state index contributed by atoms with van der Waals surface area (Å²) in [6.45, 7) is 0. The zero-order chi connectivity index (χ0) is 15.6. The van der Waals surface area contributed by atoms with Crippen molar-refractivity contribution in [2.24, 2.45) is 0 Å². The van der Waals surface area contributed by atoms with Gasteiger partial charge in [-0.3, -0.25) is 4.72 Å². The van der Waals surface area contributed by atoms with E-state index in [-0.39, 0.29) is 16.9 Å². The second-order valence-electron chi connectivity index (χ2n) is 4.08. The fourth-order valence-electron chi connectivity index (χ4n) is 1.70. The van der Waals surface area contributed by atoms with Crippen LogP contribution in [-0.2, 0) is 10.0 Å². The van der Waals surface area contributed by atoms with Crippen LogP contribution in [-0.4, -0.2) is 8.42 Å². The number of nitrogens with one attached hydrogen (secondary N) is 1. The zero-order valence-corrected chi connectivity index (χ0v) is 11.3. The van der Waals surface area contributed by atoms with Crippen LogP contribution in [0.4, 0.5) is 20.2 Å². The highest BCUT2D eigenvalue weighted by Crippen LogP contribution is 2.25. The standard InChI is InChI=1S/C13H9F2N3O2S/c14-10-5-9(17)6-11(15)13(10)21(19,20)18-12-4-2-1-3-8(12)7-16/h1-6,18H,17H2. The molecular formula is C13H9F2N3O2S. The molecule has 108 valence electrons. The highest BCUT2D eigenvalue weighted by molar-refractivity contribution is 7.92. The molecule has 0 atom stereocenters. The number of benzene rings is 2. The van der Waals surface area contributed by atoms with Gasteiger partial charge in [-0.05, 0) is 24.3 Å². The van der Waals surface area contributed by atoms with Crippen LogP contribution in [0, 0.1) is 23.0 Å². The maximum atomic E-state index is 13.7. The molecule has 0 unspecified atom stereocenters. The first-order chi connectivity index (χ1) is 9.85. The normalized spacial score (nSPS) is 10.9. The van der Waals surface area contributed by atoms with Crippen LogP contribution in [0.3, 0.4) is 0 Å². The first-order valence-electron chi connectivity index (χ1n) is 5.61. The molecule has 0 bridgehead atoms. The molecule has 0 saturated heterocycles. The summed E-state index contributed by atoms with van der Waals surface area (Å²) in [6, 6.07) is 8.86. The molecule has 0 amide bonds. The lowest BCUT2D eigenvalue weighted by Gasteiger charge is -2.11. The number of nitrogens with two attached hydrogens (primary N) is 1. The monoisotopic (exact) mass is 309 g/mol. The molecule has 2 aromatic carbocycles.